The van der Waals surface area contributed by atoms with Crippen LogP contribution in [0.5, 0.6) is 0 Å². The highest BCUT2D eigenvalue weighted by Crippen LogP contribution is 2.28. The first-order valence-corrected chi connectivity index (χ1v) is 16.2. The van der Waals surface area contributed by atoms with Gasteiger partial charge in [0.05, 0.1) is 0 Å². The van der Waals surface area contributed by atoms with Gasteiger partial charge < -0.3 is 0 Å². The topological polar surface area (TPSA) is 0 Å². The van der Waals surface area contributed by atoms with Crippen molar-refractivity contribution in [2.24, 2.45) is 17.8 Å². The van der Waals surface area contributed by atoms with E-state index in [1.165, 1.54) is 161 Å². The Morgan fingerprint density at radius 3 is 0.909 bits per heavy atom. The van der Waals surface area contributed by atoms with Crippen LogP contribution in [0.3, 0.4) is 0 Å². The minimum absolute atomic E-state index is 1.01. The van der Waals surface area contributed by atoms with Gasteiger partial charge in [-0.3, -0.25) is 0 Å². The van der Waals surface area contributed by atoms with Crippen LogP contribution >= 0.6 is 0 Å². The van der Waals surface area contributed by atoms with E-state index in [0.29, 0.717) is 0 Å². The van der Waals surface area contributed by atoms with E-state index in [4.69, 9.17) is 0 Å². The highest BCUT2D eigenvalue weighted by atomic mass is 14.2. The second kappa shape index (κ2) is 26.6. The Morgan fingerprint density at radius 2 is 0.515 bits per heavy atom. The average Bonchev–Trinajstić information content (AvgIpc) is 2.81. The molecule has 2 unspecified atom stereocenters. The summed E-state index contributed by atoms with van der Waals surface area (Å²) in [6.07, 6.45) is 36.6. The molecule has 0 radical (unpaired) electrons. The highest BCUT2D eigenvalue weighted by molar-refractivity contribution is 4.66. The van der Waals surface area contributed by atoms with E-state index in [-0.39, 0.29) is 0 Å². The van der Waals surface area contributed by atoms with Crippen LogP contribution in [0.15, 0.2) is 0 Å². The molecule has 0 aliphatic rings. The number of rotatable bonds is 27. The minimum Gasteiger partial charge on any atom is -0.0654 e. The third-order valence-corrected chi connectivity index (χ3v) is 8.23. The first-order valence-electron chi connectivity index (χ1n) is 16.2. The summed E-state index contributed by atoms with van der Waals surface area (Å²) in [6.45, 7) is 11.8. The summed E-state index contributed by atoms with van der Waals surface area (Å²) in [7, 11) is 0. The van der Waals surface area contributed by atoms with Crippen molar-refractivity contribution in [3.63, 3.8) is 0 Å². The minimum atomic E-state index is 1.01. The molecule has 0 saturated heterocycles. The van der Waals surface area contributed by atoms with Crippen LogP contribution in [0, 0.1) is 17.8 Å². The predicted molar refractivity (Wildman–Crippen MR) is 154 cm³/mol. The van der Waals surface area contributed by atoms with E-state index >= 15 is 0 Å². The van der Waals surface area contributed by atoms with Crippen molar-refractivity contribution in [1.82, 2.24) is 0 Å². The van der Waals surface area contributed by atoms with E-state index < -0.39 is 0 Å². The van der Waals surface area contributed by atoms with Gasteiger partial charge in [0.2, 0.25) is 0 Å². The molecule has 0 aromatic heterocycles. The molecule has 200 valence electrons. The lowest BCUT2D eigenvalue weighted by atomic mass is 9.85. The average molecular weight is 465 g/mol. The van der Waals surface area contributed by atoms with Crippen molar-refractivity contribution < 1.29 is 0 Å². The molecule has 0 bridgehead atoms. The maximum Gasteiger partial charge on any atom is -0.0414 e. The van der Waals surface area contributed by atoms with Crippen LogP contribution in [-0.2, 0) is 0 Å². The van der Waals surface area contributed by atoms with Gasteiger partial charge in [-0.1, -0.05) is 195 Å². The van der Waals surface area contributed by atoms with Gasteiger partial charge in [-0.25, -0.2) is 0 Å². The van der Waals surface area contributed by atoms with Crippen molar-refractivity contribution in [3.05, 3.63) is 0 Å². The molecular formula is C33H68. The lowest BCUT2D eigenvalue weighted by Crippen LogP contribution is -2.06. The zero-order valence-corrected chi connectivity index (χ0v) is 24.4. The number of unbranched alkanes of at least 4 members (excludes halogenated alkanes) is 10. The third-order valence-electron chi connectivity index (χ3n) is 8.23. The SMILES string of the molecule is CCCCCCCC(CCCCC)CCCCCCCC(CCC)CCC(CCC)CCC. The fourth-order valence-electron chi connectivity index (χ4n) is 6.11. The molecule has 2 atom stereocenters. The van der Waals surface area contributed by atoms with Crippen molar-refractivity contribution in [3.8, 4) is 0 Å². The third kappa shape index (κ3) is 22.2. The molecule has 0 fully saturated rings. The van der Waals surface area contributed by atoms with Crippen LogP contribution in [0.1, 0.15) is 195 Å². The van der Waals surface area contributed by atoms with Crippen molar-refractivity contribution in [2.75, 3.05) is 0 Å². The maximum atomic E-state index is 2.39. The number of hydrogen-bond acceptors (Lipinski definition) is 0. The maximum absolute atomic E-state index is 2.39. The summed E-state index contributed by atoms with van der Waals surface area (Å²) in [5.74, 6) is 3.06. The lowest BCUT2D eigenvalue weighted by molar-refractivity contribution is 0.322. The summed E-state index contributed by atoms with van der Waals surface area (Å²) in [5.41, 5.74) is 0. The molecule has 0 saturated carbocycles. The lowest BCUT2D eigenvalue weighted by Gasteiger charge is -2.21. The molecule has 0 aliphatic heterocycles. The molecule has 0 rings (SSSR count). The molecule has 0 aromatic carbocycles. The highest BCUT2D eigenvalue weighted by Gasteiger charge is 2.13. The van der Waals surface area contributed by atoms with Crippen molar-refractivity contribution >= 4 is 0 Å². The second-order valence-electron chi connectivity index (χ2n) is 11.6. The van der Waals surface area contributed by atoms with Gasteiger partial charge in [-0.2, -0.15) is 0 Å². The van der Waals surface area contributed by atoms with Crippen LogP contribution in [0.4, 0.5) is 0 Å². The van der Waals surface area contributed by atoms with Crippen LogP contribution in [0.25, 0.3) is 0 Å². The smallest absolute Gasteiger partial charge is 0.0414 e. The molecule has 0 amide bonds. The molecule has 0 nitrogen and oxygen atoms in total. The van der Waals surface area contributed by atoms with Crippen LogP contribution in [-0.4, -0.2) is 0 Å². The zero-order chi connectivity index (χ0) is 24.4. The fourth-order valence-corrected chi connectivity index (χ4v) is 6.11. The Labute approximate surface area is 212 Å². The van der Waals surface area contributed by atoms with Crippen LogP contribution < -0.4 is 0 Å². The first kappa shape index (κ1) is 33.0. The quantitative estimate of drug-likeness (QED) is 0.106. The Bertz CT molecular complexity index is 340. The van der Waals surface area contributed by atoms with Gasteiger partial charge in [-0.05, 0) is 17.8 Å². The van der Waals surface area contributed by atoms with Gasteiger partial charge >= 0.3 is 0 Å². The summed E-state index contributed by atoms with van der Waals surface area (Å²) in [5, 5.41) is 0. The first-order chi connectivity index (χ1) is 16.2. The number of hydrogen-bond donors (Lipinski definition) is 0. The van der Waals surface area contributed by atoms with Gasteiger partial charge in [0, 0.05) is 0 Å². The van der Waals surface area contributed by atoms with E-state index in [1.807, 2.05) is 0 Å². The Morgan fingerprint density at radius 1 is 0.242 bits per heavy atom. The summed E-state index contributed by atoms with van der Waals surface area (Å²) >= 11 is 0. The van der Waals surface area contributed by atoms with E-state index in [2.05, 4.69) is 34.6 Å². The van der Waals surface area contributed by atoms with Crippen molar-refractivity contribution in [2.45, 2.75) is 195 Å². The van der Waals surface area contributed by atoms with E-state index in [9.17, 15) is 0 Å². The Kier molecular flexibility index (Phi) is 26.6. The second-order valence-corrected chi connectivity index (χ2v) is 11.6. The molecule has 0 N–H and O–H groups in total. The van der Waals surface area contributed by atoms with Gasteiger partial charge in [0.1, 0.15) is 0 Å². The van der Waals surface area contributed by atoms with E-state index in [1.54, 1.807) is 0 Å². The van der Waals surface area contributed by atoms with Crippen LogP contribution in [0.2, 0.25) is 0 Å². The molecule has 33 heavy (non-hydrogen) atoms. The molecule has 0 aromatic rings. The van der Waals surface area contributed by atoms with Gasteiger partial charge in [0.25, 0.3) is 0 Å². The molecular weight excluding hydrogens is 396 g/mol. The predicted octanol–water partition coefficient (Wildman–Crippen LogP) is 12.7. The normalized spacial score (nSPS) is 13.6. The zero-order valence-electron chi connectivity index (χ0n) is 24.4. The Hall–Kier alpha value is 0. The van der Waals surface area contributed by atoms with Gasteiger partial charge in [-0.15, -0.1) is 0 Å². The largest absolute Gasteiger partial charge is 0.0654 e. The summed E-state index contributed by atoms with van der Waals surface area (Å²) < 4.78 is 0. The van der Waals surface area contributed by atoms with Crippen molar-refractivity contribution in [1.29, 1.82) is 0 Å². The molecule has 0 aliphatic carbocycles. The fraction of sp³-hybridized carbons (Fsp3) is 1.00. The molecule has 0 spiro atoms. The summed E-state index contributed by atoms with van der Waals surface area (Å²) in [6, 6.07) is 0. The Balaban J connectivity index is 4.00. The monoisotopic (exact) mass is 465 g/mol. The summed E-state index contributed by atoms with van der Waals surface area (Å²) in [4.78, 5) is 0. The standard InChI is InChI=1S/C33H68/c1-6-11-13-15-19-27-33(25-18-12-7-2)28-21-17-14-16-20-26-32(24-10-5)30-29-31(22-8-3)23-9-4/h31-33H,6-30H2,1-5H3. The molecule has 0 heteroatoms. The van der Waals surface area contributed by atoms with Gasteiger partial charge in [0.15, 0.2) is 0 Å². The molecule has 0 heterocycles. The van der Waals surface area contributed by atoms with E-state index in [0.717, 1.165) is 17.8 Å².